The van der Waals surface area contributed by atoms with Crippen molar-refractivity contribution in [3.8, 4) is 0 Å². The molecule has 1 aliphatic carbocycles. The first-order valence-corrected chi connectivity index (χ1v) is 7.44. The van der Waals surface area contributed by atoms with Gasteiger partial charge in [-0.05, 0) is 31.7 Å². The van der Waals surface area contributed by atoms with Crippen molar-refractivity contribution in [2.24, 2.45) is 5.41 Å². The topological polar surface area (TPSA) is 63.0 Å². The Labute approximate surface area is 115 Å². The minimum atomic E-state index is 0.110. The summed E-state index contributed by atoms with van der Waals surface area (Å²) in [5.41, 5.74) is 0.375. The van der Waals surface area contributed by atoms with Gasteiger partial charge in [0, 0.05) is 6.54 Å². The highest BCUT2D eigenvalue weighted by Crippen LogP contribution is 2.35. The minimum absolute atomic E-state index is 0.110. The Morgan fingerprint density at radius 1 is 1.26 bits per heavy atom. The summed E-state index contributed by atoms with van der Waals surface area (Å²) >= 11 is 0. The quantitative estimate of drug-likeness (QED) is 0.828. The van der Waals surface area contributed by atoms with E-state index < -0.39 is 0 Å². The molecule has 1 atom stereocenters. The summed E-state index contributed by atoms with van der Waals surface area (Å²) in [4.78, 5) is 0. The first kappa shape index (κ1) is 14.3. The van der Waals surface area contributed by atoms with E-state index in [2.05, 4.69) is 34.7 Å². The van der Waals surface area contributed by atoms with Crippen LogP contribution in [0.25, 0.3) is 0 Å². The molecule has 0 saturated heterocycles. The lowest BCUT2D eigenvalue weighted by Gasteiger charge is -2.33. The summed E-state index contributed by atoms with van der Waals surface area (Å²) in [5, 5.41) is 14.7. The Balaban J connectivity index is 1.86. The first-order valence-electron chi connectivity index (χ1n) is 7.44. The molecule has 5 nitrogen and oxygen atoms in total. The molecule has 1 unspecified atom stereocenters. The van der Waals surface area contributed by atoms with Crippen molar-refractivity contribution >= 4 is 6.01 Å². The summed E-state index contributed by atoms with van der Waals surface area (Å²) in [6.07, 6.45) is 6.62. The van der Waals surface area contributed by atoms with Gasteiger partial charge in [0.05, 0.1) is 6.04 Å². The zero-order chi connectivity index (χ0) is 13.7. The third-order valence-electron chi connectivity index (χ3n) is 4.05. The molecule has 2 rings (SSSR count). The molecule has 2 N–H and O–H groups in total. The van der Waals surface area contributed by atoms with Crippen LogP contribution < -0.4 is 10.6 Å². The van der Waals surface area contributed by atoms with Crippen LogP contribution in [0, 0.1) is 5.41 Å². The predicted octanol–water partition coefficient (Wildman–Crippen LogP) is 3.12. The first-order chi connectivity index (χ1) is 9.13. The maximum atomic E-state index is 5.64. The van der Waals surface area contributed by atoms with E-state index in [1.807, 2.05) is 6.92 Å². The standard InChI is InChI=1S/C14H26N4O/c1-4-15-11(2)12-17-18-13(19-12)16-10-14(3)8-6-5-7-9-14/h11,15H,4-10H2,1-3H3,(H,16,18). The SMILES string of the molecule is CCNC(C)c1nnc(NCC2(C)CCCCC2)o1. The predicted molar refractivity (Wildman–Crippen MR) is 76.1 cm³/mol. The van der Waals surface area contributed by atoms with Crippen LogP contribution in [0.3, 0.4) is 0 Å². The van der Waals surface area contributed by atoms with Gasteiger partial charge in [0.1, 0.15) is 0 Å². The highest BCUT2D eigenvalue weighted by atomic mass is 16.4. The van der Waals surface area contributed by atoms with E-state index >= 15 is 0 Å². The highest BCUT2D eigenvalue weighted by Gasteiger charge is 2.27. The van der Waals surface area contributed by atoms with Crippen molar-refractivity contribution < 1.29 is 4.42 Å². The molecule has 1 aliphatic rings. The Morgan fingerprint density at radius 2 is 2.00 bits per heavy atom. The summed E-state index contributed by atoms with van der Waals surface area (Å²) in [5.74, 6) is 0.651. The van der Waals surface area contributed by atoms with Crippen LogP contribution >= 0.6 is 0 Å². The maximum absolute atomic E-state index is 5.64. The molecule has 1 aromatic rings. The molecule has 108 valence electrons. The second-order valence-electron chi connectivity index (χ2n) is 5.95. The van der Waals surface area contributed by atoms with E-state index in [0.717, 1.165) is 13.1 Å². The lowest BCUT2D eigenvalue weighted by atomic mass is 9.76. The van der Waals surface area contributed by atoms with E-state index in [0.29, 0.717) is 17.3 Å². The largest absolute Gasteiger partial charge is 0.406 e. The van der Waals surface area contributed by atoms with Crippen molar-refractivity contribution in [2.75, 3.05) is 18.4 Å². The molecule has 0 bridgehead atoms. The number of nitrogens with one attached hydrogen (secondary N) is 2. The van der Waals surface area contributed by atoms with Crippen LogP contribution in [0.2, 0.25) is 0 Å². The number of nitrogens with zero attached hydrogens (tertiary/aromatic N) is 2. The lowest BCUT2D eigenvalue weighted by Crippen LogP contribution is -2.28. The highest BCUT2D eigenvalue weighted by molar-refractivity contribution is 5.18. The molecule has 0 aliphatic heterocycles. The third-order valence-corrected chi connectivity index (χ3v) is 4.05. The summed E-state index contributed by atoms with van der Waals surface area (Å²) in [6.45, 7) is 8.26. The number of aromatic nitrogens is 2. The molecule has 0 aromatic carbocycles. The van der Waals surface area contributed by atoms with E-state index in [4.69, 9.17) is 4.42 Å². The van der Waals surface area contributed by atoms with Crippen molar-refractivity contribution in [2.45, 2.75) is 58.9 Å². The average molecular weight is 266 g/mol. The fourth-order valence-electron chi connectivity index (χ4n) is 2.75. The molecule has 0 spiro atoms. The van der Waals surface area contributed by atoms with Crippen LogP contribution in [0.1, 0.15) is 64.8 Å². The Kier molecular flexibility index (Phi) is 4.80. The van der Waals surface area contributed by atoms with Crippen LogP contribution in [-0.4, -0.2) is 23.3 Å². The number of hydrogen-bond donors (Lipinski definition) is 2. The van der Waals surface area contributed by atoms with Gasteiger partial charge in [-0.3, -0.25) is 0 Å². The molecule has 1 saturated carbocycles. The van der Waals surface area contributed by atoms with Crippen molar-refractivity contribution in [3.05, 3.63) is 5.89 Å². The molecule has 1 fully saturated rings. The van der Waals surface area contributed by atoms with Gasteiger partial charge < -0.3 is 15.1 Å². The summed E-state index contributed by atoms with van der Waals surface area (Å²) < 4.78 is 5.64. The maximum Gasteiger partial charge on any atom is 0.315 e. The molecular formula is C14H26N4O. The van der Waals surface area contributed by atoms with Gasteiger partial charge in [0.25, 0.3) is 0 Å². The Hall–Kier alpha value is -1.10. The molecule has 19 heavy (non-hydrogen) atoms. The number of anilines is 1. The van der Waals surface area contributed by atoms with Gasteiger partial charge in [0.2, 0.25) is 5.89 Å². The zero-order valence-corrected chi connectivity index (χ0v) is 12.3. The summed E-state index contributed by atoms with van der Waals surface area (Å²) in [7, 11) is 0. The van der Waals surface area contributed by atoms with E-state index in [9.17, 15) is 0 Å². The fourth-order valence-corrected chi connectivity index (χ4v) is 2.75. The molecular weight excluding hydrogens is 240 g/mol. The van der Waals surface area contributed by atoms with Crippen LogP contribution in [0.5, 0.6) is 0 Å². The van der Waals surface area contributed by atoms with Crippen LogP contribution in [-0.2, 0) is 0 Å². The van der Waals surface area contributed by atoms with E-state index in [1.54, 1.807) is 0 Å². The fraction of sp³-hybridized carbons (Fsp3) is 0.857. The molecule has 5 heteroatoms. The number of hydrogen-bond acceptors (Lipinski definition) is 5. The van der Waals surface area contributed by atoms with Crippen molar-refractivity contribution in [1.29, 1.82) is 0 Å². The Bertz CT molecular complexity index is 385. The second-order valence-corrected chi connectivity index (χ2v) is 5.95. The van der Waals surface area contributed by atoms with Gasteiger partial charge >= 0.3 is 6.01 Å². The summed E-state index contributed by atoms with van der Waals surface area (Å²) in [6, 6.07) is 0.657. The van der Waals surface area contributed by atoms with Gasteiger partial charge in [0.15, 0.2) is 0 Å². The molecule has 1 aromatic heterocycles. The second kappa shape index (κ2) is 6.37. The lowest BCUT2D eigenvalue weighted by molar-refractivity contribution is 0.231. The van der Waals surface area contributed by atoms with Gasteiger partial charge in [-0.2, -0.15) is 0 Å². The Morgan fingerprint density at radius 3 is 2.68 bits per heavy atom. The van der Waals surface area contributed by atoms with Crippen LogP contribution in [0.15, 0.2) is 4.42 Å². The van der Waals surface area contributed by atoms with Gasteiger partial charge in [-0.25, -0.2) is 0 Å². The van der Waals surface area contributed by atoms with E-state index in [-0.39, 0.29) is 6.04 Å². The zero-order valence-electron chi connectivity index (χ0n) is 12.3. The molecule has 1 heterocycles. The number of rotatable bonds is 6. The van der Waals surface area contributed by atoms with Gasteiger partial charge in [-0.15, -0.1) is 5.10 Å². The molecule has 0 amide bonds. The van der Waals surface area contributed by atoms with E-state index in [1.165, 1.54) is 32.1 Å². The van der Waals surface area contributed by atoms with Crippen molar-refractivity contribution in [1.82, 2.24) is 15.5 Å². The smallest absolute Gasteiger partial charge is 0.315 e. The van der Waals surface area contributed by atoms with Gasteiger partial charge in [-0.1, -0.05) is 38.2 Å². The minimum Gasteiger partial charge on any atom is -0.406 e. The third kappa shape index (κ3) is 3.93. The average Bonchev–Trinajstić information content (AvgIpc) is 2.87. The van der Waals surface area contributed by atoms with Crippen molar-refractivity contribution in [3.63, 3.8) is 0 Å². The molecule has 0 radical (unpaired) electrons. The monoisotopic (exact) mass is 266 g/mol. The van der Waals surface area contributed by atoms with Crippen LogP contribution in [0.4, 0.5) is 6.01 Å². The normalized spacial score (nSPS) is 20.2.